The molecule has 2 rings (SSSR count). The molecule has 1 aromatic carbocycles. The Morgan fingerprint density at radius 1 is 0.588 bits per heavy atom. The minimum absolute atomic E-state index is 0.0145. The summed E-state index contributed by atoms with van der Waals surface area (Å²) in [5.74, 6) is 0. The smallest absolute Gasteiger partial charge is 0.211 e. The molecule has 3 atom stereocenters. The monoisotopic (exact) mass is 538 g/mol. The lowest BCUT2D eigenvalue weighted by Crippen LogP contribution is -2.46. The summed E-state index contributed by atoms with van der Waals surface area (Å²) in [5.41, 5.74) is 1.16. The van der Waals surface area contributed by atoms with Gasteiger partial charge in [0.2, 0.25) is 22.1 Å². The number of rotatable bonds is 8. The molecule has 13 heteroatoms. The van der Waals surface area contributed by atoms with E-state index in [2.05, 4.69) is 17.0 Å². The molecule has 0 amide bonds. The van der Waals surface area contributed by atoms with Gasteiger partial charge in [-0.05, 0) is 5.56 Å². The normalized spacial score (nSPS) is 24.3. The van der Waals surface area contributed by atoms with E-state index in [9.17, 15) is 28.4 Å². The third kappa shape index (κ3) is 13.6. The largest absolute Gasteiger partial charge is 0.344 e. The minimum atomic E-state index is -3.31. The molecule has 0 aliphatic carbocycles. The van der Waals surface area contributed by atoms with Gasteiger partial charge >= 0.3 is 0 Å². The SMILES string of the molecule is CP(=O)(O)CN1CCN(Cc2ccccc2)CCN(CP(C)(=O)O)CCN(CP(C)(=O)O)CC1. The Labute approximate surface area is 203 Å². The Morgan fingerprint density at radius 3 is 1.18 bits per heavy atom. The quantitative estimate of drug-likeness (QED) is 0.423. The van der Waals surface area contributed by atoms with Crippen LogP contribution in [0.3, 0.4) is 0 Å². The highest BCUT2D eigenvalue weighted by Gasteiger charge is 2.24. The molecule has 3 N–H and O–H groups in total. The zero-order valence-electron chi connectivity index (χ0n) is 20.6. The molecule has 0 bridgehead atoms. The molecule has 0 radical (unpaired) electrons. The molecule has 1 aliphatic heterocycles. The van der Waals surface area contributed by atoms with Crippen LogP contribution in [0.5, 0.6) is 0 Å². The van der Waals surface area contributed by atoms with Gasteiger partial charge in [0, 0.05) is 78.9 Å². The van der Waals surface area contributed by atoms with Gasteiger partial charge in [-0.25, -0.2) is 0 Å². The van der Waals surface area contributed by atoms with Crippen molar-refractivity contribution in [3.63, 3.8) is 0 Å². The standard InChI is InChI=1S/C21H41N4O6P3/c1-32(26,27)18-23-11-9-22(17-21-7-5-4-6-8-21)10-12-24(19-33(2,28)29)14-16-25(15-13-23)20-34(3,30)31/h4-8H,9-20H2,1-3H3,(H,26,27)(H,28,29)(H,30,31). The fraction of sp³-hybridized carbons (Fsp3) is 0.714. The Bertz CT molecular complexity index is 848. The van der Waals surface area contributed by atoms with E-state index in [0.29, 0.717) is 58.9 Å². The highest BCUT2D eigenvalue weighted by molar-refractivity contribution is 7.57. The summed E-state index contributed by atoms with van der Waals surface area (Å²) >= 11 is 0. The van der Waals surface area contributed by atoms with Crippen LogP contribution in [0, 0.1) is 0 Å². The third-order valence-electron chi connectivity index (χ3n) is 5.57. The first-order valence-corrected chi connectivity index (χ1v) is 18.4. The second kappa shape index (κ2) is 13.3. The fourth-order valence-electron chi connectivity index (χ4n) is 4.12. The van der Waals surface area contributed by atoms with E-state index in [4.69, 9.17) is 0 Å². The van der Waals surface area contributed by atoms with Gasteiger partial charge in [-0.2, -0.15) is 0 Å². The molecule has 196 valence electrons. The van der Waals surface area contributed by atoms with Crippen LogP contribution in [0.15, 0.2) is 30.3 Å². The second-order valence-electron chi connectivity index (χ2n) is 9.69. The Kier molecular flexibility index (Phi) is 11.6. The van der Waals surface area contributed by atoms with Gasteiger partial charge in [0.15, 0.2) is 0 Å². The van der Waals surface area contributed by atoms with Crippen molar-refractivity contribution in [2.75, 3.05) is 91.2 Å². The maximum atomic E-state index is 12.2. The van der Waals surface area contributed by atoms with Crippen LogP contribution in [0.2, 0.25) is 0 Å². The summed E-state index contributed by atoms with van der Waals surface area (Å²) in [6.45, 7) is 9.14. The lowest BCUT2D eigenvalue weighted by molar-refractivity contribution is 0.148. The van der Waals surface area contributed by atoms with Gasteiger partial charge in [-0.3, -0.25) is 33.3 Å². The Morgan fingerprint density at radius 2 is 0.882 bits per heavy atom. The number of nitrogens with zero attached hydrogens (tertiary/aromatic N) is 4. The van der Waals surface area contributed by atoms with Crippen LogP contribution in [0.25, 0.3) is 0 Å². The summed E-state index contributed by atoms with van der Waals surface area (Å²) < 4.78 is 36.4. The van der Waals surface area contributed by atoms with Crippen molar-refractivity contribution in [3.8, 4) is 0 Å². The maximum absolute atomic E-state index is 12.2. The van der Waals surface area contributed by atoms with Crippen LogP contribution < -0.4 is 0 Å². The average Bonchev–Trinajstić information content (AvgIpc) is 2.68. The predicted octanol–water partition coefficient (Wildman–Crippen LogP) is 1.98. The lowest BCUT2D eigenvalue weighted by Gasteiger charge is -2.35. The van der Waals surface area contributed by atoms with Gasteiger partial charge < -0.3 is 14.7 Å². The van der Waals surface area contributed by atoms with Crippen molar-refractivity contribution in [2.24, 2.45) is 0 Å². The molecule has 1 fully saturated rings. The average molecular weight is 539 g/mol. The van der Waals surface area contributed by atoms with Crippen molar-refractivity contribution in [2.45, 2.75) is 6.54 Å². The van der Waals surface area contributed by atoms with Crippen LogP contribution in [0.4, 0.5) is 0 Å². The van der Waals surface area contributed by atoms with Crippen LogP contribution in [0.1, 0.15) is 5.56 Å². The van der Waals surface area contributed by atoms with E-state index in [1.807, 2.05) is 32.9 Å². The molecule has 1 aliphatic rings. The van der Waals surface area contributed by atoms with E-state index in [-0.39, 0.29) is 18.9 Å². The van der Waals surface area contributed by atoms with Crippen LogP contribution in [-0.4, -0.2) is 125 Å². The van der Waals surface area contributed by atoms with Crippen molar-refractivity contribution >= 4 is 22.1 Å². The fourth-order valence-corrected chi connectivity index (χ4v) is 7.19. The zero-order valence-corrected chi connectivity index (χ0v) is 23.3. The van der Waals surface area contributed by atoms with Gasteiger partial charge in [-0.1, -0.05) is 30.3 Å². The van der Waals surface area contributed by atoms with Crippen LogP contribution in [-0.2, 0) is 20.2 Å². The summed E-state index contributed by atoms with van der Waals surface area (Å²) in [4.78, 5) is 38.0. The molecule has 3 unspecified atom stereocenters. The molecule has 0 saturated carbocycles. The minimum Gasteiger partial charge on any atom is -0.344 e. The van der Waals surface area contributed by atoms with E-state index in [0.717, 1.165) is 5.56 Å². The summed E-state index contributed by atoms with van der Waals surface area (Å²) in [5, 5.41) is 0. The van der Waals surface area contributed by atoms with Crippen molar-refractivity contribution in [1.29, 1.82) is 0 Å². The predicted molar refractivity (Wildman–Crippen MR) is 138 cm³/mol. The molecular formula is C21H41N4O6P3. The summed E-state index contributed by atoms with van der Waals surface area (Å²) in [6.07, 6.45) is 0.151. The van der Waals surface area contributed by atoms with Gasteiger partial charge in [0.05, 0.1) is 18.9 Å². The first-order valence-electron chi connectivity index (χ1n) is 11.5. The highest BCUT2D eigenvalue weighted by atomic mass is 31.2. The topological polar surface area (TPSA) is 125 Å². The number of benzene rings is 1. The van der Waals surface area contributed by atoms with Crippen LogP contribution >= 0.6 is 22.1 Å². The third-order valence-corrected chi connectivity index (χ3v) is 8.34. The molecular weight excluding hydrogens is 497 g/mol. The van der Waals surface area contributed by atoms with Crippen molar-refractivity contribution in [1.82, 2.24) is 19.6 Å². The molecule has 34 heavy (non-hydrogen) atoms. The van der Waals surface area contributed by atoms with Gasteiger partial charge in [-0.15, -0.1) is 0 Å². The van der Waals surface area contributed by atoms with Gasteiger partial charge in [0.25, 0.3) is 0 Å². The first kappa shape index (κ1) is 29.9. The summed E-state index contributed by atoms with van der Waals surface area (Å²) in [7, 11) is -9.86. The molecule has 0 aromatic heterocycles. The summed E-state index contributed by atoms with van der Waals surface area (Å²) in [6, 6.07) is 10.1. The first-order chi connectivity index (χ1) is 15.7. The van der Waals surface area contributed by atoms with E-state index in [1.54, 1.807) is 0 Å². The Balaban J connectivity index is 2.22. The molecule has 1 aromatic rings. The van der Waals surface area contributed by atoms with E-state index >= 15 is 0 Å². The number of hydrogen-bond acceptors (Lipinski definition) is 7. The zero-order chi connectivity index (χ0) is 25.4. The highest BCUT2D eigenvalue weighted by Crippen LogP contribution is 2.38. The molecule has 0 spiro atoms. The molecule has 10 nitrogen and oxygen atoms in total. The number of hydrogen-bond donors (Lipinski definition) is 3. The van der Waals surface area contributed by atoms with E-state index < -0.39 is 22.1 Å². The lowest BCUT2D eigenvalue weighted by atomic mass is 10.2. The van der Waals surface area contributed by atoms with Crippen molar-refractivity contribution < 1.29 is 28.4 Å². The second-order valence-corrected chi connectivity index (χ2v) is 16.8. The van der Waals surface area contributed by atoms with Crippen molar-refractivity contribution in [3.05, 3.63) is 35.9 Å². The van der Waals surface area contributed by atoms with Gasteiger partial charge in [0.1, 0.15) is 0 Å². The molecule has 1 saturated heterocycles. The van der Waals surface area contributed by atoms with E-state index in [1.165, 1.54) is 20.0 Å². The maximum Gasteiger partial charge on any atom is 0.211 e. The molecule has 1 heterocycles. The Hall–Kier alpha value is -0.370.